The van der Waals surface area contributed by atoms with Gasteiger partial charge in [-0.05, 0) is 49.6 Å². The SMILES string of the molecule is C[C@H]1[C@@H](c2ccc(F)c(F)c2)[C@H](C(=O)Nc2ccnc(C(N)=O)c2)OC1(C)C. The molecule has 0 saturated carbocycles. The molecule has 8 heteroatoms. The van der Waals surface area contributed by atoms with Crippen molar-refractivity contribution in [3.8, 4) is 0 Å². The minimum Gasteiger partial charge on any atom is -0.364 e. The molecule has 0 radical (unpaired) electrons. The summed E-state index contributed by atoms with van der Waals surface area (Å²) in [4.78, 5) is 28.0. The summed E-state index contributed by atoms with van der Waals surface area (Å²) >= 11 is 0. The van der Waals surface area contributed by atoms with Crippen LogP contribution in [0.15, 0.2) is 36.5 Å². The number of nitrogens with zero attached hydrogens (tertiary/aromatic N) is 1. The van der Waals surface area contributed by atoms with Gasteiger partial charge in [-0.3, -0.25) is 14.6 Å². The van der Waals surface area contributed by atoms with E-state index in [0.717, 1.165) is 12.1 Å². The van der Waals surface area contributed by atoms with Gasteiger partial charge in [0.1, 0.15) is 11.8 Å². The predicted molar refractivity (Wildman–Crippen MR) is 98.6 cm³/mol. The van der Waals surface area contributed by atoms with Gasteiger partial charge in [0.05, 0.1) is 5.60 Å². The van der Waals surface area contributed by atoms with Crippen LogP contribution in [0.3, 0.4) is 0 Å². The summed E-state index contributed by atoms with van der Waals surface area (Å²) in [7, 11) is 0. The van der Waals surface area contributed by atoms with Crippen molar-refractivity contribution in [1.29, 1.82) is 0 Å². The van der Waals surface area contributed by atoms with Gasteiger partial charge in [-0.25, -0.2) is 8.78 Å². The average Bonchev–Trinajstić information content (AvgIpc) is 2.87. The summed E-state index contributed by atoms with van der Waals surface area (Å²) in [5.74, 6) is -3.74. The fraction of sp³-hybridized carbons (Fsp3) is 0.350. The molecule has 6 nitrogen and oxygen atoms in total. The highest BCUT2D eigenvalue weighted by Gasteiger charge is 2.50. The summed E-state index contributed by atoms with van der Waals surface area (Å²) in [5.41, 5.74) is 5.37. The molecule has 1 aliphatic rings. The van der Waals surface area contributed by atoms with Gasteiger partial charge in [0.15, 0.2) is 11.6 Å². The number of nitrogens with one attached hydrogen (secondary N) is 1. The van der Waals surface area contributed by atoms with Crippen LogP contribution in [0.2, 0.25) is 0 Å². The summed E-state index contributed by atoms with van der Waals surface area (Å²) in [6.07, 6.45) is 0.421. The number of primary amides is 1. The lowest BCUT2D eigenvalue weighted by molar-refractivity contribution is -0.131. The zero-order valence-electron chi connectivity index (χ0n) is 15.7. The Morgan fingerprint density at radius 3 is 2.54 bits per heavy atom. The Labute approximate surface area is 161 Å². The molecule has 28 heavy (non-hydrogen) atoms. The second-order valence-electron chi connectivity index (χ2n) is 7.41. The Bertz CT molecular complexity index is 933. The van der Waals surface area contributed by atoms with Gasteiger partial charge < -0.3 is 15.8 Å². The van der Waals surface area contributed by atoms with E-state index in [1.54, 1.807) is 0 Å². The quantitative estimate of drug-likeness (QED) is 0.841. The smallest absolute Gasteiger partial charge is 0.267 e. The van der Waals surface area contributed by atoms with E-state index in [1.165, 1.54) is 24.4 Å². The Morgan fingerprint density at radius 2 is 1.89 bits per heavy atom. The lowest BCUT2D eigenvalue weighted by atomic mass is 9.78. The van der Waals surface area contributed by atoms with Crippen molar-refractivity contribution in [2.75, 3.05) is 5.32 Å². The first-order chi connectivity index (χ1) is 13.1. The fourth-order valence-electron chi connectivity index (χ4n) is 3.46. The molecule has 148 valence electrons. The van der Waals surface area contributed by atoms with E-state index in [1.807, 2.05) is 20.8 Å². The third-order valence-corrected chi connectivity index (χ3v) is 5.26. The third kappa shape index (κ3) is 3.73. The molecular weight excluding hydrogens is 368 g/mol. The normalized spacial score (nSPS) is 23.4. The van der Waals surface area contributed by atoms with Crippen LogP contribution in [0.1, 0.15) is 42.7 Å². The molecule has 0 bridgehead atoms. The number of pyridine rings is 1. The van der Waals surface area contributed by atoms with Crippen molar-refractivity contribution >= 4 is 17.5 Å². The van der Waals surface area contributed by atoms with Gasteiger partial charge in [-0.2, -0.15) is 0 Å². The molecule has 0 spiro atoms. The molecule has 1 aromatic carbocycles. The predicted octanol–water partition coefficient (Wildman–Crippen LogP) is 2.99. The number of carbonyl (C=O) groups is 2. The Morgan fingerprint density at radius 1 is 1.18 bits per heavy atom. The molecule has 2 amide bonds. The summed E-state index contributed by atoms with van der Waals surface area (Å²) in [6, 6.07) is 6.47. The zero-order valence-corrected chi connectivity index (χ0v) is 15.7. The van der Waals surface area contributed by atoms with E-state index in [-0.39, 0.29) is 11.6 Å². The number of hydrogen-bond acceptors (Lipinski definition) is 4. The zero-order chi connectivity index (χ0) is 20.6. The van der Waals surface area contributed by atoms with Crippen LogP contribution in [0, 0.1) is 17.6 Å². The van der Waals surface area contributed by atoms with Crippen LogP contribution in [-0.4, -0.2) is 28.5 Å². The van der Waals surface area contributed by atoms with Gasteiger partial charge in [0, 0.05) is 17.8 Å². The van der Waals surface area contributed by atoms with E-state index in [0.29, 0.717) is 11.3 Å². The first kappa shape index (κ1) is 19.9. The summed E-state index contributed by atoms with van der Waals surface area (Å²) in [5, 5.41) is 2.68. The number of amides is 2. The minimum atomic E-state index is -0.978. The number of rotatable bonds is 4. The third-order valence-electron chi connectivity index (χ3n) is 5.26. The molecule has 2 aromatic rings. The average molecular weight is 389 g/mol. The molecular formula is C20H21F2N3O3. The van der Waals surface area contributed by atoms with Crippen molar-refractivity contribution in [3.05, 3.63) is 59.4 Å². The number of benzene rings is 1. The molecule has 3 N–H and O–H groups in total. The van der Waals surface area contributed by atoms with Gasteiger partial charge in [-0.1, -0.05) is 13.0 Å². The number of halogens is 2. The standard InChI is InChI=1S/C20H21F2N3O3/c1-10-16(11-4-5-13(21)14(22)8-11)17(28-20(10,2)3)19(27)25-12-6-7-24-15(9-12)18(23)26/h4-10,16-17H,1-3H3,(H2,23,26)(H,24,25,27)/t10-,16-,17+/m0/s1. The number of anilines is 1. The maximum absolute atomic E-state index is 13.8. The van der Waals surface area contributed by atoms with Crippen molar-refractivity contribution < 1.29 is 23.1 Å². The highest BCUT2D eigenvalue weighted by molar-refractivity contribution is 5.97. The Hall–Kier alpha value is -2.87. The maximum Gasteiger partial charge on any atom is 0.267 e. The molecule has 3 rings (SSSR count). The molecule has 0 aliphatic carbocycles. The van der Waals surface area contributed by atoms with Crippen molar-refractivity contribution in [2.45, 2.75) is 38.4 Å². The van der Waals surface area contributed by atoms with E-state index in [2.05, 4.69) is 10.3 Å². The molecule has 1 aliphatic heterocycles. The lowest BCUT2D eigenvalue weighted by Crippen LogP contribution is -2.33. The minimum absolute atomic E-state index is 0.0102. The molecule has 1 aromatic heterocycles. The topological polar surface area (TPSA) is 94.3 Å². The Balaban J connectivity index is 1.91. The number of carbonyl (C=O) groups excluding carboxylic acids is 2. The first-order valence-corrected chi connectivity index (χ1v) is 8.79. The molecule has 1 saturated heterocycles. The van der Waals surface area contributed by atoms with Crippen molar-refractivity contribution in [1.82, 2.24) is 4.98 Å². The van der Waals surface area contributed by atoms with Crippen molar-refractivity contribution in [3.63, 3.8) is 0 Å². The van der Waals surface area contributed by atoms with E-state index >= 15 is 0 Å². The van der Waals surface area contributed by atoms with E-state index < -0.39 is 41.1 Å². The number of nitrogens with two attached hydrogens (primary N) is 1. The van der Waals surface area contributed by atoms with Crippen LogP contribution in [0.25, 0.3) is 0 Å². The van der Waals surface area contributed by atoms with Crippen LogP contribution >= 0.6 is 0 Å². The maximum atomic E-state index is 13.8. The van der Waals surface area contributed by atoms with Gasteiger partial charge in [0.25, 0.3) is 11.8 Å². The lowest BCUT2D eigenvalue weighted by Gasteiger charge is -2.24. The molecule has 0 unspecified atom stereocenters. The second kappa shape index (κ2) is 7.27. The van der Waals surface area contributed by atoms with Crippen molar-refractivity contribution in [2.24, 2.45) is 11.7 Å². The van der Waals surface area contributed by atoms with Crippen LogP contribution in [-0.2, 0) is 9.53 Å². The number of hydrogen-bond donors (Lipinski definition) is 2. The van der Waals surface area contributed by atoms with Gasteiger partial charge >= 0.3 is 0 Å². The molecule has 1 fully saturated rings. The monoisotopic (exact) mass is 389 g/mol. The number of aromatic nitrogens is 1. The molecule has 2 heterocycles. The van der Waals surface area contributed by atoms with Crippen LogP contribution in [0.5, 0.6) is 0 Å². The largest absolute Gasteiger partial charge is 0.364 e. The van der Waals surface area contributed by atoms with Gasteiger partial charge in [-0.15, -0.1) is 0 Å². The second-order valence-corrected chi connectivity index (χ2v) is 7.41. The fourth-order valence-corrected chi connectivity index (χ4v) is 3.46. The van der Waals surface area contributed by atoms with E-state index in [9.17, 15) is 18.4 Å². The Kier molecular flexibility index (Phi) is 5.16. The van der Waals surface area contributed by atoms with Crippen LogP contribution in [0.4, 0.5) is 14.5 Å². The van der Waals surface area contributed by atoms with E-state index in [4.69, 9.17) is 10.5 Å². The summed E-state index contributed by atoms with van der Waals surface area (Å²) in [6.45, 7) is 5.59. The molecule has 3 atom stereocenters. The number of ether oxygens (including phenoxy) is 1. The van der Waals surface area contributed by atoms with Gasteiger partial charge in [0.2, 0.25) is 0 Å². The van der Waals surface area contributed by atoms with Crippen LogP contribution < -0.4 is 11.1 Å². The first-order valence-electron chi connectivity index (χ1n) is 8.79. The highest BCUT2D eigenvalue weighted by atomic mass is 19.2. The summed E-state index contributed by atoms with van der Waals surface area (Å²) < 4.78 is 33.1. The highest BCUT2D eigenvalue weighted by Crippen LogP contribution is 2.46.